The Balaban J connectivity index is 1.80. The van der Waals surface area contributed by atoms with E-state index in [4.69, 9.17) is 0 Å². The number of rotatable bonds is 2. The van der Waals surface area contributed by atoms with Crippen LogP contribution in [0.15, 0.2) is 42.7 Å². The van der Waals surface area contributed by atoms with Gasteiger partial charge in [0, 0.05) is 29.3 Å². The molecule has 1 aromatic heterocycles. The van der Waals surface area contributed by atoms with E-state index in [0.29, 0.717) is 17.7 Å². The predicted octanol–water partition coefficient (Wildman–Crippen LogP) is 1.83. The van der Waals surface area contributed by atoms with Crippen molar-refractivity contribution in [3.63, 3.8) is 0 Å². The Morgan fingerprint density at radius 1 is 1.21 bits per heavy atom. The highest BCUT2D eigenvalue weighted by Crippen LogP contribution is 2.26. The van der Waals surface area contributed by atoms with Gasteiger partial charge < -0.3 is 10.6 Å². The fourth-order valence-electron chi connectivity index (χ4n) is 2.00. The van der Waals surface area contributed by atoms with Gasteiger partial charge in [-0.2, -0.15) is 0 Å². The number of carbonyl (C=O) groups is 2. The Labute approximate surface area is 109 Å². The van der Waals surface area contributed by atoms with Crippen LogP contribution < -0.4 is 10.6 Å². The Kier molecular flexibility index (Phi) is 2.72. The van der Waals surface area contributed by atoms with Crippen molar-refractivity contribution in [2.45, 2.75) is 6.42 Å². The maximum absolute atomic E-state index is 12.0. The summed E-state index contributed by atoms with van der Waals surface area (Å²) in [4.78, 5) is 27.1. The van der Waals surface area contributed by atoms with Gasteiger partial charge in [0.15, 0.2) is 0 Å². The lowest BCUT2D eigenvalue weighted by Crippen LogP contribution is -2.11. The molecule has 5 nitrogen and oxygen atoms in total. The van der Waals surface area contributed by atoms with Crippen LogP contribution in [0.1, 0.15) is 15.9 Å². The van der Waals surface area contributed by atoms with Crippen molar-refractivity contribution in [1.29, 1.82) is 0 Å². The van der Waals surface area contributed by atoms with Gasteiger partial charge in [-0.15, -0.1) is 0 Å². The number of amides is 2. The Bertz CT molecular complexity index is 653. The molecule has 0 fully saturated rings. The maximum Gasteiger partial charge on any atom is 0.255 e. The summed E-state index contributed by atoms with van der Waals surface area (Å²) in [6.07, 6.45) is 3.53. The first-order chi connectivity index (χ1) is 9.22. The lowest BCUT2D eigenvalue weighted by Gasteiger charge is -2.07. The van der Waals surface area contributed by atoms with Crippen molar-refractivity contribution < 1.29 is 9.59 Å². The van der Waals surface area contributed by atoms with Crippen LogP contribution in [0.2, 0.25) is 0 Å². The molecule has 2 aromatic rings. The van der Waals surface area contributed by atoms with Gasteiger partial charge in [0.25, 0.3) is 5.91 Å². The van der Waals surface area contributed by atoms with E-state index in [2.05, 4.69) is 15.6 Å². The van der Waals surface area contributed by atoms with Gasteiger partial charge in [-0.25, -0.2) is 0 Å². The van der Waals surface area contributed by atoms with E-state index in [1.165, 1.54) is 0 Å². The molecule has 0 saturated heterocycles. The molecule has 1 aliphatic heterocycles. The first kappa shape index (κ1) is 11.4. The number of nitrogens with zero attached hydrogens (tertiary/aromatic N) is 1. The van der Waals surface area contributed by atoms with E-state index in [9.17, 15) is 9.59 Å². The average molecular weight is 253 g/mol. The quantitative estimate of drug-likeness (QED) is 0.857. The Morgan fingerprint density at radius 3 is 2.79 bits per heavy atom. The fourth-order valence-corrected chi connectivity index (χ4v) is 2.00. The molecule has 0 saturated carbocycles. The second-order valence-corrected chi connectivity index (χ2v) is 4.29. The highest BCUT2D eigenvalue weighted by molar-refractivity contribution is 6.05. The molecule has 1 aliphatic rings. The van der Waals surface area contributed by atoms with Gasteiger partial charge >= 0.3 is 0 Å². The van der Waals surface area contributed by atoms with Crippen LogP contribution in [-0.4, -0.2) is 16.8 Å². The molecule has 1 aromatic carbocycles. The van der Waals surface area contributed by atoms with E-state index in [0.717, 1.165) is 11.3 Å². The molecule has 0 unspecified atom stereocenters. The summed E-state index contributed by atoms with van der Waals surface area (Å²) >= 11 is 0. The number of carbonyl (C=O) groups excluding carboxylic acids is 2. The number of nitrogens with one attached hydrogen (secondary N) is 2. The van der Waals surface area contributed by atoms with Crippen LogP contribution in [0.25, 0.3) is 0 Å². The largest absolute Gasteiger partial charge is 0.325 e. The molecule has 2 N–H and O–H groups in total. The second kappa shape index (κ2) is 4.53. The van der Waals surface area contributed by atoms with E-state index in [1.807, 2.05) is 6.07 Å². The molecule has 0 bridgehead atoms. The van der Waals surface area contributed by atoms with Crippen molar-refractivity contribution >= 4 is 23.2 Å². The van der Waals surface area contributed by atoms with Crippen LogP contribution in [0, 0.1) is 0 Å². The van der Waals surface area contributed by atoms with Crippen molar-refractivity contribution in [2.24, 2.45) is 0 Å². The fraction of sp³-hybridized carbons (Fsp3) is 0.0714. The molecule has 0 aliphatic carbocycles. The summed E-state index contributed by atoms with van der Waals surface area (Å²) < 4.78 is 0. The number of pyridine rings is 1. The molecule has 5 heteroatoms. The van der Waals surface area contributed by atoms with Gasteiger partial charge in [0.2, 0.25) is 5.91 Å². The monoisotopic (exact) mass is 253 g/mol. The molecular formula is C14H11N3O2. The zero-order valence-corrected chi connectivity index (χ0v) is 10.0. The van der Waals surface area contributed by atoms with Crippen LogP contribution in [0.4, 0.5) is 11.4 Å². The molecule has 0 spiro atoms. The number of hydrogen-bond donors (Lipinski definition) is 2. The predicted molar refractivity (Wildman–Crippen MR) is 71.0 cm³/mol. The van der Waals surface area contributed by atoms with Crippen molar-refractivity contribution in [3.8, 4) is 0 Å². The number of hydrogen-bond acceptors (Lipinski definition) is 3. The van der Waals surface area contributed by atoms with E-state index < -0.39 is 0 Å². The number of benzene rings is 1. The highest BCUT2D eigenvalue weighted by Gasteiger charge is 2.17. The highest BCUT2D eigenvalue weighted by atomic mass is 16.2. The van der Waals surface area contributed by atoms with Gasteiger partial charge in [-0.1, -0.05) is 6.07 Å². The summed E-state index contributed by atoms with van der Waals surface area (Å²) in [5, 5.41) is 5.54. The lowest BCUT2D eigenvalue weighted by atomic mass is 10.1. The third-order valence-corrected chi connectivity index (χ3v) is 2.94. The minimum atomic E-state index is -0.202. The molecule has 3 rings (SSSR count). The van der Waals surface area contributed by atoms with Gasteiger partial charge in [-0.05, 0) is 29.8 Å². The van der Waals surface area contributed by atoms with Crippen LogP contribution in [0.5, 0.6) is 0 Å². The summed E-state index contributed by atoms with van der Waals surface area (Å²) in [5.74, 6) is -0.223. The molecule has 0 atom stereocenters. The molecule has 2 amide bonds. The molecule has 94 valence electrons. The van der Waals surface area contributed by atoms with E-state index >= 15 is 0 Å². The van der Waals surface area contributed by atoms with E-state index in [-0.39, 0.29) is 11.8 Å². The number of fused-ring (bicyclic) bond motifs is 1. The summed E-state index contributed by atoms with van der Waals surface area (Å²) in [6, 6.07) is 8.68. The number of aromatic nitrogens is 1. The zero-order valence-electron chi connectivity index (χ0n) is 10.0. The first-order valence-electron chi connectivity index (χ1n) is 5.86. The molecular weight excluding hydrogens is 242 g/mol. The van der Waals surface area contributed by atoms with Gasteiger partial charge in [0.1, 0.15) is 0 Å². The minimum Gasteiger partial charge on any atom is -0.325 e. The number of anilines is 2. The maximum atomic E-state index is 12.0. The van der Waals surface area contributed by atoms with Crippen LogP contribution in [-0.2, 0) is 11.2 Å². The van der Waals surface area contributed by atoms with Crippen molar-refractivity contribution in [1.82, 2.24) is 4.98 Å². The zero-order chi connectivity index (χ0) is 13.2. The SMILES string of the molecule is O=C1Cc2ccc(NC(=O)c3ccncc3)cc2N1. The van der Waals surface area contributed by atoms with Crippen LogP contribution >= 0.6 is 0 Å². The Morgan fingerprint density at radius 2 is 2.00 bits per heavy atom. The second-order valence-electron chi connectivity index (χ2n) is 4.29. The third-order valence-electron chi connectivity index (χ3n) is 2.94. The normalized spacial score (nSPS) is 12.7. The summed E-state index contributed by atoms with van der Waals surface area (Å²) in [6.45, 7) is 0. The molecule has 19 heavy (non-hydrogen) atoms. The topological polar surface area (TPSA) is 71.1 Å². The smallest absolute Gasteiger partial charge is 0.255 e. The van der Waals surface area contributed by atoms with Gasteiger partial charge in [0.05, 0.1) is 6.42 Å². The standard InChI is InChI=1S/C14H11N3O2/c18-13-7-10-1-2-11(8-12(10)17-13)16-14(19)9-3-5-15-6-4-9/h1-6,8H,7H2,(H,16,19)(H,17,18). The average Bonchev–Trinajstić information content (AvgIpc) is 2.79. The van der Waals surface area contributed by atoms with E-state index in [1.54, 1.807) is 36.7 Å². The Hall–Kier alpha value is -2.69. The minimum absolute atomic E-state index is 0.0207. The third kappa shape index (κ3) is 2.30. The molecule has 2 heterocycles. The lowest BCUT2D eigenvalue weighted by molar-refractivity contribution is -0.115. The van der Waals surface area contributed by atoms with Crippen molar-refractivity contribution in [2.75, 3.05) is 10.6 Å². The first-order valence-corrected chi connectivity index (χ1v) is 5.86. The van der Waals surface area contributed by atoms with Gasteiger partial charge in [-0.3, -0.25) is 14.6 Å². The molecule has 0 radical (unpaired) electrons. The van der Waals surface area contributed by atoms with Crippen molar-refractivity contribution in [3.05, 3.63) is 53.9 Å². The van der Waals surface area contributed by atoms with Crippen LogP contribution in [0.3, 0.4) is 0 Å². The summed E-state index contributed by atoms with van der Waals surface area (Å²) in [7, 11) is 0. The summed E-state index contributed by atoms with van der Waals surface area (Å²) in [5.41, 5.74) is 2.91.